The summed E-state index contributed by atoms with van der Waals surface area (Å²) in [5.74, 6) is 0.0459. The van der Waals surface area contributed by atoms with E-state index in [0.717, 1.165) is 12.0 Å². The van der Waals surface area contributed by atoms with Crippen molar-refractivity contribution >= 4 is 23.7 Å². The van der Waals surface area contributed by atoms with Gasteiger partial charge in [0.25, 0.3) is 0 Å². The van der Waals surface area contributed by atoms with E-state index < -0.39 is 16.8 Å². The van der Waals surface area contributed by atoms with E-state index in [2.05, 4.69) is 5.32 Å². The molecule has 1 aromatic heterocycles. The number of hydrogen-bond acceptors (Lipinski definition) is 6. The number of rotatable bonds is 6. The van der Waals surface area contributed by atoms with Crippen LogP contribution < -0.4 is 5.32 Å². The molecule has 0 aliphatic carbocycles. The largest absolute Gasteiger partial charge is 0.480 e. The lowest BCUT2D eigenvalue weighted by atomic mass is 10.0. The lowest BCUT2D eigenvalue weighted by Gasteiger charge is -2.20. The first-order valence-corrected chi connectivity index (χ1v) is 9.73. The van der Waals surface area contributed by atoms with Gasteiger partial charge in [0.05, 0.1) is 12.2 Å². The SMILES string of the molecule is CCCOC(=O)c1cccc(-c2ccc(C3NC(C(=O)O)C(C)(C)S3)o2)c1. The number of aliphatic carboxylic acids is 1. The van der Waals surface area contributed by atoms with E-state index in [1.165, 1.54) is 11.8 Å². The van der Waals surface area contributed by atoms with Crippen LogP contribution in [-0.4, -0.2) is 34.4 Å². The van der Waals surface area contributed by atoms with Crippen molar-refractivity contribution in [2.24, 2.45) is 0 Å². The third-order valence-corrected chi connectivity index (χ3v) is 5.83. The maximum Gasteiger partial charge on any atom is 0.338 e. The van der Waals surface area contributed by atoms with E-state index in [9.17, 15) is 14.7 Å². The highest BCUT2D eigenvalue weighted by Crippen LogP contribution is 2.46. The summed E-state index contributed by atoms with van der Waals surface area (Å²) in [7, 11) is 0. The van der Waals surface area contributed by atoms with Crippen molar-refractivity contribution in [3.05, 3.63) is 47.7 Å². The van der Waals surface area contributed by atoms with Crippen LogP contribution in [0.25, 0.3) is 11.3 Å². The summed E-state index contributed by atoms with van der Waals surface area (Å²) < 4.78 is 10.7. The second-order valence-corrected chi connectivity index (χ2v) is 8.72. The molecule has 2 atom stereocenters. The number of benzene rings is 1. The molecule has 144 valence electrons. The highest BCUT2D eigenvalue weighted by molar-refractivity contribution is 8.01. The van der Waals surface area contributed by atoms with Crippen LogP contribution in [0.2, 0.25) is 0 Å². The molecule has 1 aliphatic heterocycles. The van der Waals surface area contributed by atoms with Gasteiger partial charge in [0.15, 0.2) is 0 Å². The summed E-state index contributed by atoms with van der Waals surface area (Å²) in [5, 5.41) is 12.3. The maximum absolute atomic E-state index is 12.1. The van der Waals surface area contributed by atoms with Gasteiger partial charge in [0.1, 0.15) is 22.9 Å². The van der Waals surface area contributed by atoms with E-state index in [1.807, 2.05) is 39.0 Å². The van der Waals surface area contributed by atoms with Gasteiger partial charge in [-0.05, 0) is 44.5 Å². The van der Waals surface area contributed by atoms with Gasteiger partial charge >= 0.3 is 11.9 Å². The van der Waals surface area contributed by atoms with E-state index in [0.29, 0.717) is 23.7 Å². The number of thioether (sulfide) groups is 1. The lowest BCUT2D eigenvalue weighted by molar-refractivity contribution is -0.139. The zero-order valence-electron chi connectivity index (χ0n) is 15.5. The van der Waals surface area contributed by atoms with E-state index in [1.54, 1.807) is 18.2 Å². The predicted molar refractivity (Wildman–Crippen MR) is 104 cm³/mol. The molecule has 27 heavy (non-hydrogen) atoms. The van der Waals surface area contributed by atoms with Gasteiger partial charge in [-0.15, -0.1) is 11.8 Å². The van der Waals surface area contributed by atoms with Crippen molar-refractivity contribution in [2.45, 2.75) is 43.4 Å². The molecule has 0 radical (unpaired) electrons. The Morgan fingerprint density at radius 2 is 2.07 bits per heavy atom. The molecule has 1 aromatic carbocycles. The highest BCUT2D eigenvalue weighted by atomic mass is 32.2. The van der Waals surface area contributed by atoms with Crippen LogP contribution in [0.3, 0.4) is 0 Å². The predicted octanol–water partition coefficient (Wildman–Crippen LogP) is 4.08. The Morgan fingerprint density at radius 1 is 1.30 bits per heavy atom. The molecule has 2 aromatic rings. The first-order valence-electron chi connectivity index (χ1n) is 8.86. The molecule has 1 saturated heterocycles. The summed E-state index contributed by atoms with van der Waals surface area (Å²) in [6.07, 6.45) is 0.771. The zero-order chi connectivity index (χ0) is 19.6. The number of hydrogen-bond donors (Lipinski definition) is 2. The van der Waals surface area contributed by atoms with E-state index in [4.69, 9.17) is 9.15 Å². The van der Waals surface area contributed by atoms with Gasteiger partial charge in [-0.3, -0.25) is 10.1 Å². The van der Waals surface area contributed by atoms with Crippen LogP contribution in [0.5, 0.6) is 0 Å². The molecule has 2 N–H and O–H groups in total. The Balaban J connectivity index is 1.79. The average Bonchev–Trinajstić information content (AvgIpc) is 3.24. The lowest BCUT2D eigenvalue weighted by Crippen LogP contribution is -2.43. The Morgan fingerprint density at radius 3 is 2.74 bits per heavy atom. The zero-order valence-corrected chi connectivity index (χ0v) is 16.3. The second kappa shape index (κ2) is 7.78. The molecule has 0 spiro atoms. The van der Waals surface area contributed by atoms with Crippen LogP contribution in [-0.2, 0) is 9.53 Å². The van der Waals surface area contributed by atoms with Gasteiger partial charge in [-0.1, -0.05) is 19.1 Å². The fourth-order valence-electron chi connectivity index (χ4n) is 2.99. The highest BCUT2D eigenvalue weighted by Gasteiger charge is 2.46. The van der Waals surface area contributed by atoms with Gasteiger partial charge in [0, 0.05) is 10.3 Å². The number of carboxylic acid groups (broad SMARTS) is 1. The van der Waals surface area contributed by atoms with Crippen LogP contribution in [0.1, 0.15) is 48.7 Å². The molecule has 0 amide bonds. The molecule has 7 heteroatoms. The number of carbonyl (C=O) groups excluding carboxylic acids is 1. The normalized spacial score (nSPS) is 21.1. The molecular formula is C20H23NO5S. The smallest absolute Gasteiger partial charge is 0.338 e. The molecule has 3 rings (SSSR count). The van der Waals surface area contributed by atoms with Crippen molar-refractivity contribution in [2.75, 3.05) is 6.61 Å². The molecule has 2 heterocycles. The van der Waals surface area contributed by atoms with E-state index in [-0.39, 0.29) is 11.3 Å². The van der Waals surface area contributed by atoms with Crippen LogP contribution in [0.4, 0.5) is 0 Å². The van der Waals surface area contributed by atoms with Crippen molar-refractivity contribution < 1.29 is 23.8 Å². The number of furan rings is 1. The second-order valence-electron chi connectivity index (χ2n) is 6.96. The number of ether oxygens (including phenoxy) is 1. The minimum Gasteiger partial charge on any atom is -0.480 e. The maximum atomic E-state index is 12.1. The third-order valence-electron chi connectivity index (χ3n) is 4.39. The first-order chi connectivity index (χ1) is 12.8. The Bertz CT molecular complexity index is 844. The number of carbonyl (C=O) groups is 2. The fourth-order valence-corrected chi connectivity index (χ4v) is 4.35. The summed E-state index contributed by atoms with van der Waals surface area (Å²) in [5.41, 5.74) is 1.24. The minimum atomic E-state index is -0.875. The van der Waals surface area contributed by atoms with E-state index >= 15 is 0 Å². The summed E-state index contributed by atoms with van der Waals surface area (Å²) in [6, 6.07) is 10.1. The van der Waals surface area contributed by atoms with Gasteiger partial charge in [-0.25, -0.2) is 4.79 Å². The van der Waals surface area contributed by atoms with Gasteiger partial charge in [0.2, 0.25) is 0 Å². The summed E-state index contributed by atoms with van der Waals surface area (Å²) >= 11 is 1.52. The topological polar surface area (TPSA) is 88.8 Å². The Kier molecular flexibility index (Phi) is 5.62. The molecule has 2 unspecified atom stereocenters. The molecular weight excluding hydrogens is 366 g/mol. The van der Waals surface area contributed by atoms with Crippen LogP contribution >= 0.6 is 11.8 Å². The number of carboxylic acids is 1. The fraction of sp³-hybridized carbons (Fsp3) is 0.400. The van der Waals surface area contributed by atoms with Gasteiger partial charge < -0.3 is 14.3 Å². The quantitative estimate of drug-likeness (QED) is 0.720. The molecule has 1 aliphatic rings. The first kappa shape index (κ1) is 19.5. The number of nitrogens with one attached hydrogen (secondary N) is 1. The summed E-state index contributed by atoms with van der Waals surface area (Å²) in [4.78, 5) is 23.5. The van der Waals surface area contributed by atoms with Gasteiger partial charge in [-0.2, -0.15) is 0 Å². The van der Waals surface area contributed by atoms with Crippen molar-refractivity contribution in [3.8, 4) is 11.3 Å². The Labute approximate surface area is 162 Å². The Hall–Kier alpha value is -2.25. The molecule has 6 nitrogen and oxygen atoms in total. The minimum absolute atomic E-state index is 0.243. The number of esters is 1. The monoisotopic (exact) mass is 389 g/mol. The average molecular weight is 389 g/mol. The van der Waals surface area contributed by atoms with Crippen molar-refractivity contribution in [1.29, 1.82) is 0 Å². The van der Waals surface area contributed by atoms with Crippen molar-refractivity contribution in [3.63, 3.8) is 0 Å². The molecule has 0 saturated carbocycles. The molecule has 0 bridgehead atoms. The van der Waals surface area contributed by atoms with Crippen LogP contribution in [0, 0.1) is 0 Å². The molecule has 1 fully saturated rings. The third kappa shape index (κ3) is 4.20. The van der Waals surface area contributed by atoms with Crippen LogP contribution in [0.15, 0.2) is 40.8 Å². The summed E-state index contributed by atoms with van der Waals surface area (Å²) in [6.45, 7) is 6.13. The standard InChI is InChI=1S/C20H23NO5S/c1-4-10-25-19(24)13-7-5-6-12(11-13)14-8-9-15(26-14)17-21-16(18(22)23)20(2,3)27-17/h5-9,11,16-17,21H,4,10H2,1-3H3,(H,22,23). The van der Waals surface area contributed by atoms with Crippen molar-refractivity contribution in [1.82, 2.24) is 5.32 Å².